The summed E-state index contributed by atoms with van der Waals surface area (Å²) in [6.07, 6.45) is 1.77. The lowest BCUT2D eigenvalue weighted by Crippen LogP contribution is -2.25. The van der Waals surface area contributed by atoms with Crippen LogP contribution in [0.5, 0.6) is 0 Å². The Labute approximate surface area is 74.3 Å². The molecule has 0 spiro atoms. The van der Waals surface area contributed by atoms with Gasteiger partial charge in [-0.2, -0.15) is 5.10 Å². The first-order valence-electron chi connectivity index (χ1n) is 3.75. The zero-order valence-corrected chi connectivity index (χ0v) is 7.27. The summed E-state index contributed by atoms with van der Waals surface area (Å²) in [6.45, 7) is 0.187. The topological polar surface area (TPSA) is 65.8 Å². The average Bonchev–Trinajstić information content (AvgIpc) is 2.45. The van der Waals surface area contributed by atoms with Crippen LogP contribution in [-0.2, 0) is 13.6 Å². The fourth-order valence-electron chi connectivity index (χ4n) is 0.865. The lowest BCUT2D eigenvalue weighted by molar-refractivity contribution is 0.609. The molecule has 0 saturated carbocycles. The number of halogens is 1. The standard InChI is InChI=1S/C7H11FN4O/c1-11-5-10-12(7(11)13)4-6(2-8)3-9/h2,5H,3-4,9H2,1H3/b6-2+. The summed E-state index contributed by atoms with van der Waals surface area (Å²) in [4.78, 5) is 11.2. The second kappa shape index (κ2) is 3.99. The van der Waals surface area contributed by atoms with Gasteiger partial charge < -0.3 is 5.73 Å². The minimum Gasteiger partial charge on any atom is -0.327 e. The fourth-order valence-corrected chi connectivity index (χ4v) is 0.865. The van der Waals surface area contributed by atoms with Crippen molar-refractivity contribution in [2.24, 2.45) is 12.8 Å². The highest BCUT2D eigenvalue weighted by Gasteiger charge is 2.03. The lowest BCUT2D eigenvalue weighted by atomic mass is 10.3. The number of nitrogens with zero attached hydrogens (tertiary/aromatic N) is 3. The van der Waals surface area contributed by atoms with Crippen molar-refractivity contribution in [3.8, 4) is 0 Å². The van der Waals surface area contributed by atoms with Crippen molar-refractivity contribution in [2.45, 2.75) is 6.54 Å². The number of hydrogen-bond acceptors (Lipinski definition) is 3. The maximum Gasteiger partial charge on any atom is 0.345 e. The van der Waals surface area contributed by atoms with E-state index in [0.717, 1.165) is 4.68 Å². The third kappa shape index (κ3) is 2.03. The SMILES string of the molecule is Cn1cnn(C/C(=C/F)CN)c1=O. The monoisotopic (exact) mass is 186 g/mol. The summed E-state index contributed by atoms with van der Waals surface area (Å²) >= 11 is 0. The zero-order valence-electron chi connectivity index (χ0n) is 7.27. The molecule has 0 aliphatic carbocycles. The van der Waals surface area contributed by atoms with Crippen LogP contribution in [0.15, 0.2) is 23.0 Å². The van der Waals surface area contributed by atoms with Crippen LogP contribution in [0.25, 0.3) is 0 Å². The van der Waals surface area contributed by atoms with E-state index in [4.69, 9.17) is 5.73 Å². The predicted octanol–water partition coefficient (Wildman–Crippen LogP) is -0.606. The Balaban J connectivity index is 2.86. The van der Waals surface area contributed by atoms with Crippen LogP contribution in [0.3, 0.4) is 0 Å². The summed E-state index contributed by atoms with van der Waals surface area (Å²) in [5.41, 5.74) is 5.28. The molecule has 0 atom stereocenters. The second-order valence-corrected chi connectivity index (χ2v) is 2.65. The van der Waals surface area contributed by atoms with Gasteiger partial charge in [0.05, 0.1) is 12.9 Å². The highest BCUT2D eigenvalue weighted by Crippen LogP contribution is 1.94. The first kappa shape index (κ1) is 9.66. The maximum absolute atomic E-state index is 12.1. The summed E-state index contributed by atoms with van der Waals surface area (Å²) < 4.78 is 14.6. The van der Waals surface area contributed by atoms with Gasteiger partial charge in [0.1, 0.15) is 6.33 Å². The minimum absolute atomic E-state index is 0.0829. The van der Waals surface area contributed by atoms with Gasteiger partial charge in [-0.3, -0.25) is 4.57 Å². The molecule has 1 aromatic heterocycles. The Kier molecular flexibility index (Phi) is 2.97. The molecule has 5 nitrogen and oxygen atoms in total. The van der Waals surface area contributed by atoms with Crippen LogP contribution in [0.4, 0.5) is 4.39 Å². The lowest BCUT2D eigenvalue weighted by Gasteiger charge is -2.00. The summed E-state index contributed by atoms with van der Waals surface area (Å²) in [7, 11) is 1.58. The minimum atomic E-state index is -0.284. The molecule has 0 unspecified atom stereocenters. The molecule has 72 valence electrons. The van der Waals surface area contributed by atoms with E-state index >= 15 is 0 Å². The number of aromatic nitrogens is 3. The molecule has 0 fully saturated rings. The van der Waals surface area contributed by atoms with Crippen LogP contribution in [0.2, 0.25) is 0 Å². The van der Waals surface area contributed by atoms with E-state index in [1.54, 1.807) is 7.05 Å². The van der Waals surface area contributed by atoms with E-state index in [2.05, 4.69) is 5.10 Å². The largest absolute Gasteiger partial charge is 0.345 e. The van der Waals surface area contributed by atoms with E-state index in [9.17, 15) is 9.18 Å². The van der Waals surface area contributed by atoms with Crippen molar-refractivity contribution in [1.82, 2.24) is 14.3 Å². The zero-order chi connectivity index (χ0) is 9.84. The highest BCUT2D eigenvalue weighted by atomic mass is 19.1. The first-order chi connectivity index (χ1) is 6.19. The van der Waals surface area contributed by atoms with Gasteiger partial charge in [-0.25, -0.2) is 13.9 Å². The van der Waals surface area contributed by atoms with Gasteiger partial charge in [0, 0.05) is 13.6 Å². The van der Waals surface area contributed by atoms with Crippen molar-refractivity contribution in [3.63, 3.8) is 0 Å². The van der Waals surface area contributed by atoms with Crippen molar-refractivity contribution < 1.29 is 4.39 Å². The Morgan fingerprint density at radius 1 is 1.85 bits per heavy atom. The third-order valence-corrected chi connectivity index (χ3v) is 1.66. The molecule has 0 saturated heterocycles. The van der Waals surface area contributed by atoms with Crippen LogP contribution in [-0.4, -0.2) is 20.9 Å². The smallest absolute Gasteiger partial charge is 0.327 e. The molecule has 0 aliphatic heterocycles. The normalized spacial score (nSPS) is 12.1. The summed E-state index contributed by atoms with van der Waals surface area (Å²) in [5.74, 6) is 0. The molecule has 0 aromatic carbocycles. The molecule has 13 heavy (non-hydrogen) atoms. The summed E-state index contributed by atoms with van der Waals surface area (Å²) in [6, 6.07) is 0. The van der Waals surface area contributed by atoms with Gasteiger partial charge in [-0.15, -0.1) is 0 Å². The van der Waals surface area contributed by atoms with Crippen molar-refractivity contribution in [2.75, 3.05) is 6.54 Å². The van der Waals surface area contributed by atoms with Gasteiger partial charge in [0.15, 0.2) is 0 Å². The van der Waals surface area contributed by atoms with Crippen LogP contribution < -0.4 is 11.4 Å². The molecule has 1 heterocycles. The van der Waals surface area contributed by atoms with Crippen molar-refractivity contribution >= 4 is 0 Å². The van der Waals surface area contributed by atoms with E-state index in [1.165, 1.54) is 10.9 Å². The molecular weight excluding hydrogens is 175 g/mol. The Morgan fingerprint density at radius 2 is 2.54 bits per heavy atom. The van der Waals surface area contributed by atoms with Gasteiger partial charge in [0.25, 0.3) is 0 Å². The molecule has 6 heteroatoms. The van der Waals surface area contributed by atoms with Crippen LogP contribution in [0, 0.1) is 0 Å². The molecular formula is C7H11FN4O. The molecule has 0 amide bonds. The van der Waals surface area contributed by atoms with Gasteiger partial charge in [-0.1, -0.05) is 0 Å². The van der Waals surface area contributed by atoms with Gasteiger partial charge >= 0.3 is 5.69 Å². The van der Waals surface area contributed by atoms with Crippen molar-refractivity contribution in [1.29, 1.82) is 0 Å². The number of hydrogen-bond donors (Lipinski definition) is 1. The molecule has 1 rings (SSSR count). The molecule has 0 radical (unpaired) electrons. The van der Waals surface area contributed by atoms with Gasteiger partial charge in [0.2, 0.25) is 0 Å². The number of rotatable bonds is 3. The Bertz CT molecular complexity index is 365. The third-order valence-electron chi connectivity index (χ3n) is 1.66. The summed E-state index contributed by atoms with van der Waals surface area (Å²) in [5, 5.41) is 3.76. The van der Waals surface area contributed by atoms with Crippen LogP contribution in [0.1, 0.15) is 0 Å². The second-order valence-electron chi connectivity index (χ2n) is 2.65. The molecule has 2 N–H and O–H groups in total. The van der Waals surface area contributed by atoms with E-state index in [1.807, 2.05) is 0 Å². The average molecular weight is 186 g/mol. The maximum atomic E-state index is 12.1. The van der Waals surface area contributed by atoms with E-state index in [-0.39, 0.29) is 18.8 Å². The Hall–Kier alpha value is -1.43. The predicted molar refractivity (Wildman–Crippen MR) is 45.7 cm³/mol. The van der Waals surface area contributed by atoms with Crippen LogP contribution >= 0.6 is 0 Å². The number of nitrogens with two attached hydrogens (primary N) is 1. The molecule has 1 aromatic rings. The van der Waals surface area contributed by atoms with E-state index < -0.39 is 0 Å². The molecule has 0 aliphatic rings. The molecule has 0 bridgehead atoms. The van der Waals surface area contributed by atoms with Gasteiger partial charge in [-0.05, 0) is 5.57 Å². The highest BCUT2D eigenvalue weighted by molar-refractivity contribution is 4.98. The fraction of sp³-hybridized carbons (Fsp3) is 0.429. The first-order valence-corrected chi connectivity index (χ1v) is 3.75. The Morgan fingerprint density at radius 3 is 2.92 bits per heavy atom. The van der Waals surface area contributed by atoms with E-state index in [0.29, 0.717) is 11.9 Å². The van der Waals surface area contributed by atoms with Crippen molar-refractivity contribution in [3.05, 3.63) is 28.7 Å². The number of aryl methyl sites for hydroxylation is 1. The quantitative estimate of drug-likeness (QED) is 0.685.